The summed E-state index contributed by atoms with van der Waals surface area (Å²) in [7, 11) is -3.63. The molecular weight excluding hydrogens is 346 g/mol. The van der Waals surface area contributed by atoms with E-state index in [4.69, 9.17) is 4.74 Å². The maximum absolute atomic E-state index is 12.6. The van der Waals surface area contributed by atoms with Gasteiger partial charge in [0.2, 0.25) is 0 Å². The van der Waals surface area contributed by atoms with Crippen molar-refractivity contribution < 1.29 is 13.2 Å². The zero-order chi connectivity index (χ0) is 18.6. The normalized spacial score (nSPS) is 11.2. The van der Waals surface area contributed by atoms with Gasteiger partial charge in [-0.15, -0.1) is 0 Å². The molecule has 0 radical (unpaired) electrons. The van der Waals surface area contributed by atoms with Crippen LogP contribution in [0.1, 0.15) is 16.7 Å². The summed E-state index contributed by atoms with van der Waals surface area (Å²) in [5.41, 5.74) is 3.13. The first-order valence-corrected chi connectivity index (χ1v) is 9.80. The lowest BCUT2D eigenvalue weighted by Crippen LogP contribution is -2.15. The summed E-state index contributed by atoms with van der Waals surface area (Å²) in [5, 5.41) is 0. The van der Waals surface area contributed by atoms with E-state index < -0.39 is 10.0 Å². The molecule has 0 fully saturated rings. The summed E-state index contributed by atoms with van der Waals surface area (Å²) in [6.45, 7) is 4.10. The third-order valence-corrected chi connectivity index (χ3v) is 5.60. The Labute approximate surface area is 154 Å². The van der Waals surface area contributed by atoms with E-state index in [1.807, 2.05) is 49.4 Å². The number of anilines is 1. The highest BCUT2D eigenvalue weighted by Gasteiger charge is 2.17. The number of ether oxygens (including phenoxy) is 1. The second-order valence-corrected chi connectivity index (χ2v) is 7.77. The van der Waals surface area contributed by atoms with Gasteiger partial charge in [0, 0.05) is 0 Å². The van der Waals surface area contributed by atoms with Gasteiger partial charge in [-0.25, -0.2) is 8.42 Å². The lowest BCUT2D eigenvalue weighted by Gasteiger charge is -2.14. The number of hydrogen-bond donors (Lipinski definition) is 1. The minimum absolute atomic E-state index is 0.281. The Morgan fingerprint density at radius 1 is 0.846 bits per heavy atom. The molecule has 1 N–H and O–H groups in total. The monoisotopic (exact) mass is 367 g/mol. The van der Waals surface area contributed by atoms with E-state index >= 15 is 0 Å². The van der Waals surface area contributed by atoms with Crippen molar-refractivity contribution in [2.24, 2.45) is 0 Å². The van der Waals surface area contributed by atoms with Crippen LogP contribution in [0, 0.1) is 13.8 Å². The summed E-state index contributed by atoms with van der Waals surface area (Å²) in [5.74, 6) is 0.699. The van der Waals surface area contributed by atoms with E-state index in [1.54, 1.807) is 37.3 Å². The molecule has 0 aliphatic rings. The predicted molar refractivity (Wildman–Crippen MR) is 104 cm³/mol. The average Bonchev–Trinajstić information content (AvgIpc) is 2.63. The molecule has 0 saturated heterocycles. The number of benzene rings is 3. The third-order valence-electron chi connectivity index (χ3n) is 4.07. The van der Waals surface area contributed by atoms with Gasteiger partial charge in [0.25, 0.3) is 10.0 Å². The first-order chi connectivity index (χ1) is 12.5. The smallest absolute Gasteiger partial charge is 0.262 e. The SMILES string of the molecule is Cc1cc(OCc2ccccc2)ccc1NS(=O)(=O)c1ccccc1C. The van der Waals surface area contributed by atoms with E-state index in [0.717, 1.165) is 11.1 Å². The second-order valence-electron chi connectivity index (χ2n) is 6.12. The Morgan fingerprint density at radius 3 is 2.23 bits per heavy atom. The first-order valence-electron chi connectivity index (χ1n) is 8.31. The average molecular weight is 367 g/mol. The highest BCUT2D eigenvalue weighted by Crippen LogP contribution is 2.25. The zero-order valence-electron chi connectivity index (χ0n) is 14.8. The zero-order valence-corrected chi connectivity index (χ0v) is 15.6. The van der Waals surface area contributed by atoms with Crippen molar-refractivity contribution in [2.45, 2.75) is 25.3 Å². The molecule has 3 aromatic carbocycles. The van der Waals surface area contributed by atoms with Crippen molar-refractivity contribution in [1.29, 1.82) is 0 Å². The summed E-state index contributed by atoms with van der Waals surface area (Å²) < 4.78 is 33.7. The Balaban J connectivity index is 1.74. The van der Waals surface area contributed by atoms with Gasteiger partial charge in [0.05, 0.1) is 10.6 Å². The number of hydrogen-bond acceptors (Lipinski definition) is 3. The van der Waals surface area contributed by atoms with Gasteiger partial charge >= 0.3 is 0 Å². The molecule has 26 heavy (non-hydrogen) atoms. The molecule has 0 bridgehead atoms. The van der Waals surface area contributed by atoms with Crippen LogP contribution in [0.3, 0.4) is 0 Å². The molecule has 0 saturated carbocycles. The lowest BCUT2D eigenvalue weighted by molar-refractivity contribution is 0.306. The van der Waals surface area contributed by atoms with Gasteiger partial charge in [-0.05, 0) is 54.8 Å². The summed E-state index contributed by atoms with van der Waals surface area (Å²) in [6.07, 6.45) is 0. The molecule has 0 atom stereocenters. The number of rotatable bonds is 6. The van der Waals surface area contributed by atoms with Crippen LogP contribution >= 0.6 is 0 Å². The highest BCUT2D eigenvalue weighted by atomic mass is 32.2. The van der Waals surface area contributed by atoms with Crippen molar-refractivity contribution in [3.63, 3.8) is 0 Å². The van der Waals surface area contributed by atoms with Crippen LogP contribution in [0.15, 0.2) is 77.7 Å². The lowest BCUT2D eigenvalue weighted by atomic mass is 10.2. The third kappa shape index (κ3) is 4.24. The van der Waals surface area contributed by atoms with Crippen LogP contribution < -0.4 is 9.46 Å². The highest BCUT2D eigenvalue weighted by molar-refractivity contribution is 7.92. The standard InChI is InChI=1S/C21H21NO3S/c1-16-8-6-7-11-21(16)26(23,24)22-20-13-12-19(14-17(20)2)25-15-18-9-4-3-5-10-18/h3-14,22H,15H2,1-2H3. The Bertz CT molecular complexity index is 999. The van der Waals surface area contributed by atoms with Crippen LogP contribution in [0.25, 0.3) is 0 Å². The van der Waals surface area contributed by atoms with Crippen LogP contribution in [0.5, 0.6) is 5.75 Å². The molecular formula is C21H21NO3S. The van der Waals surface area contributed by atoms with Crippen LogP contribution in [0.2, 0.25) is 0 Å². The molecule has 0 unspecified atom stereocenters. The second kappa shape index (κ2) is 7.62. The first kappa shape index (κ1) is 18.0. The summed E-state index contributed by atoms with van der Waals surface area (Å²) >= 11 is 0. The van der Waals surface area contributed by atoms with Crippen molar-refractivity contribution in [2.75, 3.05) is 4.72 Å². The molecule has 0 amide bonds. The van der Waals surface area contributed by atoms with Crippen molar-refractivity contribution >= 4 is 15.7 Å². The van der Waals surface area contributed by atoms with Crippen LogP contribution in [-0.4, -0.2) is 8.42 Å². The van der Waals surface area contributed by atoms with Crippen LogP contribution in [0.4, 0.5) is 5.69 Å². The molecule has 3 rings (SSSR count). The van der Waals surface area contributed by atoms with E-state index in [-0.39, 0.29) is 4.90 Å². The molecule has 0 heterocycles. The molecule has 5 heteroatoms. The minimum Gasteiger partial charge on any atom is -0.489 e. The van der Waals surface area contributed by atoms with Gasteiger partial charge in [-0.1, -0.05) is 48.5 Å². The predicted octanol–water partition coefficient (Wildman–Crippen LogP) is 4.68. The summed E-state index contributed by atoms with van der Waals surface area (Å²) in [4.78, 5) is 0.281. The molecule has 134 valence electrons. The van der Waals surface area contributed by atoms with E-state index in [9.17, 15) is 8.42 Å². The molecule has 0 aliphatic carbocycles. The number of nitrogens with one attached hydrogen (secondary N) is 1. The fourth-order valence-electron chi connectivity index (χ4n) is 2.64. The Morgan fingerprint density at radius 2 is 1.54 bits per heavy atom. The molecule has 0 aliphatic heterocycles. The maximum atomic E-state index is 12.6. The summed E-state index contributed by atoms with van der Waals surface area (Å²) in [6, 6.07) is 22.1. The molecule has 4 nitrogen and oxygen atoms in total. The van der Waals surface area contributed by atoms with Crippen molar-refractivity contribution in [3.05, 3.63) is 89.5 Å². The quantitative estimate of drug-likeness (QED) is 0.688. The fraction of sp³-hybridized carbons (Fsp3) is 0.143. The van der Waals surface area contributed by atoms with Gasteiger partial charge in [0.15, 0.2) is 0 Å². The van der Waals surface area contributed by atoms with Gasteiger partial charge < -0.3 is 4.74 Å². The van der Waals surface area contributed by atoms with E-state index in [0.29, 0.717) is 23.6 Å². The number of sulfonamides is 1. The Kier molecular flexibility index (Phi) is 5.28. The topological polar surface area (TPSA) is 55.4 Å². The minimum atomic E-state index is -3.63. The molecule has 0 aromatic heterocycles. The van der Waals surface area contributed by atoms with Gasteiger partial charge in [-0.3, -0.25) is 4.72 Å². The van der Waals surface area contributed by atoms with Crippen molar-refractivity contribution in [3.8, 4) is 5.75 Å². The maximum Gasteiger partial charge on any atom is 0.262 e. The molecule has 0 spiro atoms. The molecule has 3 aromatic rings. The van der Waals surface area contributed by atoms with E-state index in [2.05, 4.69) is 4.72 Å². The fourth-order valence-corrected chi connectivity index (χ4v) is 4.02. The van der Waals surface area contributed by atoms with Crippen molar-refractivity contribution in [1.82, 2.24) is 0 Å². The number of aryl methyl sites for hydroxylation is 2. The Hall–Kier alpha value is -2.79. The van der Waals surface area contributed by atoms with Gasteiger partial charge in [0.1, 0.15) is 12.4 Å². The largest absolute Gasteiger partial charge is 0.489 e. The van der Waals surface area contributed by atoms with E-state index in [1.165, 1.54) is 0 Å². The van der Waals surface area contributed by atoms with Crippen LogP contribution in [-0.2, 0) is 16.6 Å². The van der Waals surface area contributed by atoms with Gasteiger partial charge in [-0.2, -0.15) is 0 Å².